The summed E-state index contributed by atoms with van der Waals surface area (Å²) in [4.78, 5) is 11.7. The fraction of sp³-hybridized carbons (Fsp3) is 0.857. The molecule has 1 saturated carbocycles. The molecule has 2 rings (SSSR count). The van der Waals surface area contributed by atoms with Crippen molar-refractivity contribution >= 4 is 5.97 Å². The second-order valence-corrected chi connectivity index (χ2v) is 7.14. The molecule has 1 aromatic heterocycles. The van der Waals surface area contributed by atoms with E-state index in [1.165, 1.54) is 0 Å². The second kappa shape index (κ2) is 5.50. The average molecular weight is 280 g/mol. The van der Waals surface area contributed by atoms with E-state index in [1.807, 2.05) is 0 Å². The quantitative estimate of drug-likeness (QED) is 0.915. The van der Waals surface area contributed by atoms with Crippen LogP contribution in [0.15, 0.2) is 0 Å². The van der Waals surface area contributed by atoms with E-state index in [1.54, 1.807) is 4.68 Å². The van der Waals surface area contributed by atoms with Gasteiger partial charge in [0.2, 0.25) is 0 Å². The van der Waals surface area contributed by atoms with Crippen LogP contribution < -0.4 is 0 Å². The predicted molar refractivity (Wildman–Crippen MR) is 74.1 cm³/mol. The van der Waals surface area contributed by atoms with Crippen molar-refractivity contribution in [3.05, 3.63) is 5.82 Å². The molecule has 1 fully saturated rings. The van der Waals surface area contributed by atoms with Crippen molar-refractivity contribution in [3.8, 4) is 0 Å². The van der Waals surface area contributed by atoms with Gasteiger partial charge in [-0.15, -0.1) is 5.10 Å². The highest BCUT2D eigenvalue weighted by Gasteiger charge is 2.41. The van der Waals surface area contributed by atoms with Gasteiger partial charge in [0, 0.05) is 6.42 Å². The number of nitrogens with zero attached hydrogens (tertiary/aromatic N) is 4. The van der Waals surface area contributed by atoms with Gasteiger partial charge in [-0.1, -0.05) is 40.0 Å². The Hall–Kier alpha value is -1.46. The lowest BCUT2D eigenvalue weighted by Crippen LogP contribution is -2.38. The summed E-state index contributed by atoms with van der Waals surface area (Å²) >= 11 is 0. The largest absolute Gasteiger partial charge is 0.481 e. The molecule has 1 aromatic rings. The summed E-state index contributed by atoms with van der Waals surface area (Å²) < 4.78 is 1.70. The Morgan fingerprint density at radius 2 is 1.95 bits per heavy atom. The first kappa shape index (κ1) is 14.9. The van der Waals surface area contributed by atoms with Crippen LogP contribution in [0.4, 0.5) is 0 Å². The topological polar surface area (TPSA) is 80.9 Å². The molecule has 20 heavy (non-hydrogen) atoms. The smallest absolute Gasteiger partial charge is 0.311 e. The highest BCUT2D eigenvalue weighted by molar-refractivity contribution is 5.74. The SMILES string of the molecule is CC(C)(C)Cc1nnnn1CC1(C(=O)O)CCCCC1. The van der Waals surface area contributed by atoms with E-state index in [2.05, 4.69) is 36.3 Å². The maximum Gasteiger partial charge on any atom is 0.311 e. The standard InChI is InChI=1S/C14H24N4O2/c1-13(2,3)9-11-15-16-17-18(11)10-14(12(19)20)7-5-4-6-8-14/h4-10H2,1-3H3,(H,19,20). The third kappa shape index (κ3) is 3.35. The van der Waals surface area contributed by atoms with Gasteiger partial charge in [0.1, 0.15) is 0 Å². The molecule has 0 amide bonds. The second-order valence-electron chi connectivity index (χ2n) is 7.14. The molecule has 0 radical (unpaired) electrons. The zero-order valence-corrected chi connectivity index (χ0v) is 12.6. The van der Waals surface area contributed by atoms with E-state index >= 15 is 0 Å². The normalized spacial score (nSPS) is 18.9. The van der Waals surface area contributed by atoms with Gasteiger partial charge in [-0.25, -0.2) is 4.68 Å². The minimum Gasteiger partial charge on any atom is -0.481 e. The minimum absolute atomic E-state index is 0.0788. The van der Waals surface area contributed by atoms with Crippen molar-refractivity contribution in [2.75, 3.05) is 0 Å². The number of aliphatic carboxylic acids is 1. The Balaban J connectivity index is 2.19. The van der Waals surface area contributed by atoms with E-state index in [4.69, 9.17) is 0 Å². The van der Waals surface area contributed by atoms with Gasteiger partial charge in [-0.2, -0.15) is 0 Å². The predicted octanol–water partition coefficient (Wildman–Crippen LogP) is 2.30. The fourth-order valence-corrected chi connectivity index (χ4v) is 2.90. The Morgan fingerprint density at radius 3 is 2.50 bits per heavy atom. The van der Waals surface area contributed by atoms with Crippen molar-refractivity contribution < 1.29 is 9.90 Å². The molecule has 1 N–H and O–H groups in total. The van der Waals surface area contributed by atoms with Gasteiger partial charge in [0.15, 0.2) is 5.82 Å². The first-order chi connectivity index (χ1) is 9.32. The summed E-state index contributed by atoms with van der Waals surface area (Å²) in [5.74, 6) is 0.0677. The van der Waals surface area contributed by atoms with E-state index < -0.39 is 11.4 Å². The van der Waals surface area contributed by atoms with Crippen LogP contribution in [-0.2, 0) is 17.8 Å². The van der Waals surface area contributed by atoms with Crippen LogP contribution in [0.5, 0.6) is 0 Å². The number of carbonyl (C=O) groups is 1. The summed E-state index contributed by atoms with van der Waals surface area (Å²) in [5, 5.41) is 21.4. The van der Waals surface area contributed by atoms with Crippen molar-refractivity contribution in [2.24, 2.45) is 10.8 Å². The van der Waals surface area contributed by atoms with Crippen LogP contribution in [0, 0.1) is 10.8 Å². The number of hydrogen-bond donors (Lipinski definition) is 1. The minimum atomic E-state index is -0.714. The lowest BCUT2D eigenvalue weighted by Gasteiger charge is -2.33. The van der Waals surface area contributed by atoms with Gasteiger partial charge in [-0.05, 0) is 28.7 Å². The molecule has 6 heteroatoms. The highest BCUT2D eigenvalue weighted by Crippen LogP contribution is 2.38. The zero-order valence-electron chi connectivity index (χ0n) is 12.6. The number of carboxylic acids is 1. The van der Waals surface area contributed by atoms with E-state index in [-0.39, 0.29) is 5.41 Å². The number of aromatic nitrogens is 4. The van der Waals surface area contributed by atoms with E-state index in [0.717, 1.165) is 44.3 Å². The van der Waals surface area contributed by atoms with Gasteiger partial charge in [0.25, 0.3) is 0 Å². The summed E-state index contributed by atoms with van der Waals surface area (Å²) in [7, 11) is 0. The van der Waals surface area contributed by atoms with E-state index in [9.17, 15) is 9.90 Å². The molecule has 0 atom stereocenters. The molecule has 6 nitrogen and oxygen atoms in total. The lowest BCUT2D eigenvalue weighted by atomic mass is 9.74. The Labute approximate surface area is 119 Å². The average Bonchev–Trinajstić information content (AvgIpc) is 2.75. The summed E-state index contributed by atoms with van der Waals surface area (Å²) in [6.45, 7) is 6.76. The number of tetrazole rings is 1. The van der Waals surface area contributed by atoms with Crippen LogP contribution >= 0.6 is 0 Å². The van der Waals surface area contributed by atoms with E-state index in [0.29, 0.717) is 6.54 Å². The van der Waals surface area contributed by atoms with Crippen molar-refractivity contribution in [3.63, 3.8) is 0 Å². The summed E-state index contributed by atoms with van der Waals surface area (Å²) in [6.07, 6.45) is 5.26. The van der Waals surface area contributed by atoms with Gasteiger partial charge in [0.05, 0.1) is 12.0 Å². The third-order valence-electron chi connectivity index (χ3n) is 4.01. The van der Waals surface area contributed by atoms with Crippen molar-refractivity contribution in [2.45, 2.75) is 65.8 Å². The Kier molecular flexibility index (Phi) is 4.11. The Bertz CT molecular complexity index is 470. The van der Waals surface area contributed by atoms with Gasteiger partial charge in [-0.3, -0.25) is 4.79 Å². The maximum atomic E-state index is 11.7. The monoisotopic (exact) mass is 280 g/mol. The van der Waals surface area contributed by atoms with Crippen LogP contribution in [0.3, 0.4) is 0 Å². The van der Waals surface area contributed by atoms with Crippen molar-refractivity contribution in [1.29, 1.82) is 0 Å². The fourth-order valence-electron chi connectivity index (χ4n) is 2.90. The van der Waals surface area contributed by atoms with Gasteiger partial charge >= 0.3 is 5.97 Å². The number of rotatable bonds is 4. The third-order valence-corrected chi connectivity index (χ3v) is 4.01. The van der Waals surface area contributed by atoms with Crippen LogP contribution in [0.1, 0.15) is 58.7 Å². The number of carboxylic acid groups (broad SMARTS) is 1. The zero-order chi connectivity index (χ0) is 14.8. The highest BCUT2D eigenvalue weighted by atomic mass is 16.4. The molecule has 1 aliphatic carbocycles. The first-order valence-corrected chi connectivity index (χ1v) is 7.31. The molecule has 1 heterocycles. The molecule has 0 unspecified atom stereocenters. The molecule has 0 aromatic carbocycles. The number of hydrogen-bond acceptors (Lipinski definition) is 4. The molecule has 0 bridgehead atoms. The maximum absolute atomic E-state index is 11.7. The molecule has 112 valence electrons. The molecular weight excluding hydrogens is 256 g/mol. The van der Waals surface area contributed by atoms with Crippen LogP contribution in [0.2, 0.25) is 0 Å². The molecule has 0 saturated heterocycles. The lowest BCUT2D eigenvalue weighted by molar-refractivity contribution is -0.152. The molecule has 1 aliphatic rings. The summed E-state index contributed by atoms with van der Waals surface area (Å²) in [6, 6.07) is 0. The van der Waals surface area contributed by atoms with Crippen LogP contribution in [-0.4, -0.2) is 31.3 Å². The van der Waals surface area contributed by atoms with Gasteiger partial charge < -0.3 is 5.11 Å². The van der Waals surface area contributed by atoms with Crippen molar-refractivity contribution in [1.82, 2.24) is 20.2 Å². The molecule has 0 aliphatic heterocycles. The Morgan fingerprint density at radius 1 is 1.30 bits per heavy atom. The van der Waals surface area contributed by atoms with Crippen LogP contribution in [0.25, 0.3) is 0 Å². The summed E-state index contributed by atoms with van der Waals surface area (Å²) in [5.41, 5.74) is -0.615. The molecule has 0 spiro atoms. The molecular formula is C14H24N4O2. The first-order valence-electron chi connectivity index (χ1n) is 7.31.